The number of hydrogen-bond donors (Lipinski definition) is 1. The van der Waals surface area contributed by atoms with E-state index in [1.807, 2.05) is 0 Å². The molecule has 0 bridgehead atoms. The lowest BCUT2D eigenvalue weighted by Gasteiger charge is -2.42. The largest absolute Gasteiger partial charge is 0.380 e. The lowest BCUT2D eigenvalue weighted by molar-refractivity contribution is -0.0134. The summed E-state index contributed by atoms with van der Waals surface area (Å²) >= 11 is 5.85. The van der Waals surface area contributed by atoms with Gasteiger partial charge in [-0.3, -0.25) is 0 Å². The van der Waals surface area contributed by atoms with Crippen molar-refractivity contribution in [3.05, 3.63) is 101 Å². The molecule has 3 aromatic carbocycles. The number of hydrogen-bond acceptors (Lipinski definition) is 4. The van der Waals surface area contributed by atoms with Gasteiger partial charge in [-0.2, -0.15) is 0 Å². The topological polar surface area (TPSA) is 57.6 Å². The van der Waals surface area contributed by atoms with E-state index in [0.29, 0.717) is 48.6 Å². The van der Waals surface area contributed by atoms with Crippen molar-refractivity contribution in [2.75, 3.05) is 25.4 Å². The van der Waals surface area contributed by atoms with Gasteiger partial charge in [0, 0.05) is 11.6 Å². The van der Waals surface area contributed by atoms with Crippen molar-refractivity contribution in [1.29, 1.82) is 0 Å². The molecule has 4 nitrogen and oxygen atoms in total. The molecule has 0 amide bonds. The third-order valence-corrected chi connectivity index (χ3v) is 8.56. The van der Waals surface area contributed by atoms with Crippen molar-refractivity contribution in [3.63, 3.8) is 0 Å². The minimum Gasteiger partial charge on any atom is -0.380 e. The van der Waals surface area contributed by atoms with Crippen molar-refractivity contribution in [2.45, 2.75) is 23.3 Å². The Morgan fingerprint density at radius 3 is 1.79 bits per heavy atom. The first-order chi connectivity index (χ1) is 16.2. The predicted octanol–water partition coefficient (Wildman–Crippen LogP) is 5.04. The van der Waals surface area contributed by atoms with E-state index in [1.165, 1.54) is 36.4 Å². The number of likely N-dealkylation sites (tertiary alicyclic amines) is 1. The van der Waals surface area contributed by atoms with Crippen LogP contribution in [0.4, 0.5) is 8.78 Å². The lowest BCUT2D eigenvalue weighted by Crippen LogP contribution is -2.45. The van der Waals surface area contributed by atoms with Gasteiger partial charge in [-0.25, -0.2) is 17.2 Å². The molecule has 34 heavy (non-hydrogen) atoms. The maximum atomic E-state index is 13.6. The van der Waals surface area contributed by atoms with Gasteiger partial charge >= 0.3 is 0 Å². The van der Waals surface area contributed by atoms with Crippen LogP contribution in [0.3, 0.4) is 0 Å². The minimum atomic E-state index is -3.43. The summed E-state index contributed by atoms with van der Waals surface area (Å²) in [5.74, 6) is -1.02. The lowest BCUT2D eigenvalue weighted by atomic mass is 9.72. The number of aliphatic hydroxyl groups is 1. The van der Waals surface area contributed by atoms with Crippen molar-refractivity contribution in [2.24, 2.45) is 5.92 Å². The second kappa shape index (κ2) is 10.1. The Morgan fingerprint density at radius 2 is 1.32 bits per heavy atom. The van der Waals surface area contributed by atoms with Gasteiger partial charge in [-0.15, -0.1) is 0 Å². The molecular formula is C26H26ClF2NO3S. The van der Waals surface area contributed by atoms with Crippen LogP contribution in [0.15, 0.2) is 77.7 Å². The Labute approximate surface area is 203 Å². The van der Waals surface area contributed by atoms with Gasteiger partial charge in [-0.05, 0) is 91.5 Å². The molecule has 1 fully saturated rings. The molecule has 4 rings (SSSR count). The molecule has 8 heteroatoms. The van der Waals surface area contributed by atoms with E-state index in [9.17, 15) is 22.3 Å². The molecular weight excluding hydrogens is 480 g/mol. The Bertz CT molecular complexity index is 1160. The van der Waals surface area contributed by atoms with Crippen molar-refractivity contribution in [3.8, 4) is 0 Å². The van der Waals surface area contributed by atoms with Crippen LogP contribution in [-0.2, 0) is 15.4 Å². The van der Waals surface area contributed by atoms with Crippen LogP contribution in [0, 0.1) is 17.6 Å². The fourth-order valence-corrected chi connectivity index (χ4v) is 6.04. The van der Waals surface area contributed by atoms with Crippen LogP contribution in [0.5, 0.6) is 0 Å². The van der Waals surface area contributed by atoms with Gasteiger partial charge in [0.1, 0.15) is 17.2 Å². The van der Waals surface area contributed by atoms with Crippen LogP contribution in [0.2, 0.25) is 5.02 Å². The second-order valence-electron chi connectivity index (χ2n) is 8.67. The van der Waals surface area contributed by atoms with Gasteiger partial charge in [-0.1, -0.05) is 35.9 Å². The Hall–Kier alpha value is -2.32. The van der Waals surface area contributed by atoms with Crippen LogP contribution in [0.1, 0.15) is 24.0 Å². The highest BCUT2D eigenvalue weighted by Crippen LogP contribution is 2.42. The zero-order chi connectivity index (χ0) is 24.3. The van der Waals surface area contributed by atoms with E-state index >= 15 is 0 Å². The summed E-state index contributed by atoms with van der Waals surface area (Å²) in [6, 6.07) is 17.6. The number of sulfone groups is 1. The summed E-state index contributed by atoms with van der Waals surface area (Å²) in [4.78, 5) is 2.31. The quantitative estimate of drug-likeness (QED) is 0.489. The van der Waals surface area contributed by atoms with Crippen LogP contribution >= 0.6 is 11.6 Å². The molecule has 3 aromatic rings. The van der Waals surface area contributed by atoms with E-state index in [2.05, 4.69) is 4.90 Å². The molecule has 1 aliphatic rings. The number of benzene rings is 3. The highest BCUT2D eigenvalue weighted by atomic mass is 35.5. The molecule has 0 radical (unpaired) electrons. The van der Waals surface area contributed by atoms with Gasteiger partial charge < -0.3 is 10.0 Å². The van der Waals surface area contributed by atoms with Crippen molar-refractivity contribution >= 4 is 21.4 Å². The monoisotopic (exact) mass is 505 g/mol. The standard InChI is InChI=1S/C26H26ClF2NO3S/c27-22-5-11-25(12-6-22)34(32,33)18-17-30-15-13-21(14-16-30)26(31,19-1-7-23(28)8-2-19)20-3-9-24(29)10-4-20/h1-12,21,31H,13-18H2. The first kappa shape index (κ1) is 24.8. The maximum Gasteiger partial charge on any atom is 0.179 e. The Morgan fingerprint density at radius 1 is 0.853 bits per heavy atom. The molecule has 1 aliphatic heterocycles. The summed E-state index contributed by atoms with van der Waals surface area (Å²) in [6.45, 7) is 1.58. The van der Waals surface area contributed by atoms with E-state index < -0.39 is 27.1 Å². The summed E-state index contributed by atoms with van der Waals surface area (Å²) in [5.41, 5.74) is -0.323. The summed E-state index contributed by atoms with van der Waals surface area (Å²) in [5, 5.41) is 12.4. The third kappa shape index (κ3) is 5.33. The summed E-state index contributed by atoms with van der Waals surface area (Å²) in [6.07, 6.45) is 1.21. The summed E-state index contributed by atoms with van der Waals surface area (Å²) in [7, 11) is -3.43. The zero-order valence-corrected chi connectivity index (χ0v) is 20.1. The molecule has 1 N–H and O–H groups in total. The van der Waals surface area contributed by atoms with Crippen molar-refractivity contribution in [1.82, 2.24) is 4.90 Å². The second-order valence-corrected chi connectivity index (χ2v) is 11.2. The molecule has 1 heterocycles. The molecule has 0 aliphatic carbocycles. The molecule has 0 unspecified atom stereocenters. The highest BCUT2D eigenvalue weighted by Gasteiger charge is 2.41. The SMILES string of the molecule is O=S(=O)(CCN1CCC(C(O)(c2ccc(F)cc2)c2ccc(F)cc2)CC1)c1ccc(Cl)cc1. The smallest absolute Gasteiger partial charge is 0.179 e. The predicted molar refractivity (Wildman–Crippen MR) is 128 cm³/mol. The van der Waals surface area contributed by atoms with Crippen LogP contribution < -0.4 is 0 Å². The highest BCUT2D eigenvalue weighted by molar-refractivity contribution is 7.91. The number of nitrogens with zero attached hydrogens (tertiary/aromatic N) is 1. The van der Waals surface area contributed by atoms with E-state index in [4.69, 9.17) is 11.6 Å². The van der Waals surface area contributed by atoms with Crippen LogP contribution in [0.25, 0.3) is 0 Å². The minimum absolute atomic E-state index is 0.0144. The first-order valence-electron chi connectivity index (χ1n) is 11.1. The molecule has 0 aromatic heterocycles. The fourth-order valence-electron chi connectivity index (χ4n) is 4.63. The average Bonchev–Trinajstić information content (AvgIpc) is 2.84. The van der Waals surface area contributed by atoms with Gasteiger partial charge in [0.15, 0.2) is 9.84 Å². The number of halogens is 3. The molecule has 0 saturated carbocycles. The Kier molecular flexibility index (Phi) is 7.38. The van der Waals surface area contributed by atoms with E-state index in [0.717, 1.165) is 0 Å². The Balaban J connectivity index is 1.47. The van der Waals surface area contributed by atoms with E-state index in [1.54, 1.807) is 36.4 Å². The fraction of sp³-hybridized carbons (Fsp3) is 0.308. The van der Waals surface area contributed by atoms with Gasteiger partial charge in [0.05, 0.1) is 10.6 Å². The molecule has 0 spiro atoms. The molecule has 1 saturated heterocycles. The molecule has 180 valence electrons. The first-order valence-corrected chi connectivity index (χ1v) is 13.2. The van der Waals surface area contributed by atoms with Gasteiger partial charge in [0.2, 0.25) is 0 Å². The van der Waals surface area contributed by atoms with Gasteiger partial charge in [0.25, 0.3) is 0 Å². The number of piperidine rings is 1. The average molecular weight is 506 g/mol. The molecule has 0 atom stereocenters. The normalized spacial score (nSPS) is 16.0. The maximum absolute atomic E-state index is 13.6. The van der Waals surface area contributed by atoms with Crippen LogP contribution in [-0.4, -0.2) is 43.8 Å². The van der Waals surface area contributed by atoms with E-state index in [-0.39, 0.29) is 16.6 Å². The zero-order valence-electron chi connectivity index (χ0n) is 18.5. The summed E-state index contributed by atoms with van der Waals surface area (Å²) < 4.78 is 52.4. The van der Waals surface area contributed by atoms with Crippen molar-refractivity contribution < 1.29 is 22.3 Å². The third-order valence-electron chi connectivity index (χ3n) is 6.60. The number of rotatable bonds is 7.